The third-order valence-corrected chi connectivity index (χ3v) is 3.96. The van der Waals surface area contributed by atoms with Gasteiger partial charge in [-0.3, -0.25) is 4.72 Å². The standard InChI is InChI=1S/C9H8N4O4S2/c14-8(15)7-3-1-6(2-4-7)5-19(16,17)11-9-10-12-13-18-9/h1-4H,5H2,(H,14,15)(H,10,11,13). The normalized spacial score (nSPS) is 11.2. The molecule has 2 rings (SSSR count). The highest BCUT2D eigenvalue weighted by atomic mass is 32.2. The van der Waals surface area contributed by atoms with Crippen LogP contribution in [0, 0.1) is 0 Å². The predicted octanol–water partition coefficient (Wildman–Crippen LogP) is 0.573. The van der Waals surface area contributed by atoms with Crippen molar-refractivity contribution in [2.45, 2.75) is 5.75 Å². The zero-order chi connectivity index (χ0) is 13.9. The number of nitrogens with one attached hydrogen (secondary N) is 1. The minimum absolute atomic E-state index is 0.0853. The van der Waals surface area contributed by atoms with Gasteiger partial charge in [0.15, 0.2) is 0 Å². The highest BCUT2D eigenvalue weighted by Gasteiger charge is 2.14. The molecule has 2 N–H and O–H groups in total. The summed E-state index contributed by atoms with van der Waals surface area (Å²) in [6.45, 7) is 0. The quantitative estimate of drug-likeness (QED) is 0.827. The van der Waals surface area contributed by atoms with Crippen molar-refractivity contribution in [2.75, 3.05) is 4.72 Å². The smallest absolute Gasteiger partial charge is 0.335 e. The zero-order valence-electron chi connectivity index (χ0n) is 9.35. The van der Waals surface area contributed by atoms with Crippen molar-refractivity contribution >= 4 is 32.7 Å². The highest BCUT2D eigenvalue weighted by molar-refractivity contribution is 7.92. The summed E-state index contributed by atoms with van der Waals surface area (Å²) in [4.78, 5) is 10.7. The summed E-state index contributed by atoms with van der Waals surface area (Å²) >= 11 is 0.826. The molecule has 0 saturated carbocycles. The monoisotopic (exact) mass is 300 g/mol. The van der Waals surface area contributed by atoms with Gasteiger partial charge in [-0.15, -0.1) is 0 Å². The number of benzene rings is 1. The van der Waals surface area contributed by atoms with Crippen LogP contribution in [0.5, 0.6) is 0 Å². The van der Waals surface area contributed by atoms with E-state index in [4.69, 9.17) is 5.11 Å². The average Bonchev–Trinajstić information content (AvgIpc) is 2.81. The van der Waals surface area contributed by atoms with Crippen LogP contribution in [0.4, 0.5) is 5.13 Å². The molecule has 1 aromatic heterocycles. The Labute approximate surface area is 112 Å². The number of carbonyl (C=O) groups is 1. The van der Waals surface area contributed by atoms with Crippen LogP contribution in [0.3, 0.4) is 0 Å². The number of sulfonamides is 1. The Morgan fingerprint density at radius 2 is 2.00 bits per heavy atom. The SMILES string of the molecule is O=C(O)c1ccc(CS(=O)(=O)Nc2nnns2)cc1. The van der Waals surface area contributed by atoms with E-state index in [1.54, 1.807) is 0 Å². The van der Waals surface area contributed by atoms with E-state index < -0.39 is 16.0 Å². The first-order valence-corrected chi connectivity index (χ1v) is 7.36. The van der Waals surface area contributed by atoms with Gasteiger partial charge in [0.05, 0.1) is 11.3 Å². The lowest BCUT2D eigenvalue weighted by molar-refractivity contribution is 0.0697. The van der Waals surface area contributed by atoms with Crippen molar-refractivity contribution in [3.8, 4) is 0 Å². The van der Waals surface area contributed by atoms with Gasteiger partial charge >= 0.3 is 5.97 Å². The largest absolute Gasteiger partial charge is 0.478 e. The van der Waals surface area contributed by atoms with Gasteiger partial charge < -0.3 is 5.11 Å². The third kappa shape index (κ3) is 3.69. The number of hydrogen-bond acceptors (Lipinski definition) is 7. The average molecular weight is 300 g/mol. The Hall–Kier alpha value is -2.07. The van der Waals surface area contributed by atoms with Crippen molar-refractivity contribution in [1.82, 2.24) is 14.8 Å². The number of anilines is 1. The van der Waals surface area contributed by atoms with Crippen LogP contribution in [0.25, 0.3) is 0 Å². The lowest BCUT2D eigenvalue weighted by Gasteiger charge is -2.04. The molecular weight excluding hydrogens is 292 g/mol. The second kappa shape index (κ2) is 5.28. The van der Waals surface area contributed by atoms with Crippen LogP contribution < -0.4 is 4.72 Å². The first-order valence-electron chi connectivity index (χ1n) is 4.94. The molecule has 0 radical (unpaired) electrons. The summed E-state index contributed by atoms with van der Waals surface area (Å²) < 4.78 is 29.2. The number of aromatic nitrogens is 3. The van der Waals surface area contributed by atoms with Gasteiger partial charge in [-0.1, -0.05) is 21.7 Å². The maximum atomic E-state index is 11.8. The molecule has 1 aromatic carbocycles. The topological polar surface area (TPSA) is 122 Å². The molecule has 8 nitrogen and oxygen atoms in total. The molecule has 0 aliphatic rings. The van der Waals surface area contributed by atoms with E-state index in [-0.39, 0.29) is 16.4 Å². The summed E-state index contributed by atoms with van der Waals surface area (Å²) in [5.74, 6) is -1.35. The fourth-order valence-corrected chi connectivity index (χ4v) is 3.07. The Balaban J connectivity index is 2.09. The molecule has 10 heteroatoms. The molecule has 0 amide bonds. The van der Waals surface area contributed by atoms with Gasteiger partial charge in [-0.2, -0.15) is 0 Å². The second-order valence-corrected chi connectivity index (χ2v) is 5.99. The summed E-state index contributed by atoms with van der Waals surface area (Å²) in [6, 6.07) is 5.58. The third-order valence-electron chi connectivity index (χ3n) is 2.10. The van der Waals surface area contributed by atoms with E-state index in [9.17, 15) is 13.2 Å². The van der Waals surface area contributed by atoms with Crippen LogP contribution in [0.15, 0.2) is 24.3 Å². The number of aromatic carboxylic acids is 1. The first-order chi connectivity index (χ1) is 8.96. The zero-order valence-corrected chi connectivity index (χ0v) is 11.0. The lowest BCUT2D eigenvalue weighted by atomic mass is 10.1. The fraction of sp³-hybridized carbons (Fsp3) is 0.111. The number of rotatable bonds is 5. The number of carboxylic acids is 1. The molecule has 100 valence electrons. The van der Waals surface area contributed by atoms with E-state index in [2.05, 4.69) is 19.5 Å². The van der Waals surface area contributed by atoms with Gasteiger partial charge in [0, 0.05) is 11.5 Å². The van der Waals surface area contributed by atoms with Crippen molar-refractivity contribution in [3.05, 3.63) is 35.4 Å². The van der Waals surface area contributed by atoms with Gasteiger partial charge in [-0.25, -0.2) is 13.2 Å². The molecule has 0 aliphatic carbocycles. The second-order valence-electron chi connectivity index (χ2n) is 3.53. The van der Waals surface area contributed by atoms with Crippen LogP contribution >= 0.6 is 11.5 Å². The van der Waals surface area contributed by atoms with E-state index in [0.29, 0.717) is 5.56 Å². The van der Waals surface area contributed by atoms with Crippen LogP contribution in [0.1, 0.15) is 15.9 Å². The van der Waals surface area contributed by atoms with Gasteiger partial charge in [-0.05, 0) is 22.9 Å². The molecule has 0 fully saturated rings. The Morgan fingerprint density at radius 1 is 1.32 bits per heavy atom. The fourth-order valence-electron chi connectivity index (χ4n) is 1.31. The summed E-state index contributed by atoms with van der Waals surface area (Å²) in [6.07, 6.45) is 0. The maximum Gasteiger partial charge on any atom is 0.335 e. The maximum absolute atomic E-state index is 11.8. The predicted molar refractivity (Wildman–Crippen MR) is 67.4 cm³/mol. The minimum atomic E-state index is -3.62. The molecule has 0 atom stereocenters. The first kappa shape index (κ1) is 13.4. The van der Waals surface area contributed by atoms with Crippen LogP contribution in [-0.2, 0) is 15.8 Å². The molecule has 0 unspecified atom stereocenters. The van der Waals surface area contributed by atoms with Crippen molar-refractivity contribution in [3.63, 3.8) is 0 Å². The summed E-state index contributed by atoms with van der Waals surface area (Å²) in [5, 5.41) is 15.6. The minimum Gasteiger partial charge on any atom is -0.478 e. The number of nitrogens with zero attached hydrogens (tertiary/aromatic N) is 3. The molecule has 0 saturated heterocycles. The number of carboxylic acid groups (broad SMARTS) is 1. The van der Waals surface area contributed by atoms with E-state index in [1.165, 1.54) is 24.3 Å². The van der Waals surface area contributed by atoms with Crippen LogP contribution in [-0.4, -0.2) is 34.3 Å². The van der Waals surface area contributed by atoms with E-state index in [0.717, 1.165) is 11.5 Å². The molecule has 0 spiro atoms. The molecule has 0 aliphatic heterocycles. The van der Waals surface area contributed by atoms with Crippen molar-refractivity contribution in [2.24, 2.45) is 0 Å². The van der Waals surface area contributed by atoms with Gasteiger partial charge in [0.2, 0.25) is 15.2 Å². The lowest BCUT2D eigenvalue weighted by Crippen LogP contribution is -2.15. The molecule has 19 heavy (non-hydrogen) atoms. The number of hydrogen-bond donors (Lipinski definition) is 2. The van der Waals surface area contributed by atoms with Gasteiger partial charge in [0.25, 0.3) is 0 Å². The molecule has 1 heterocycles. The molecule has 0 bridgehead atoms. The Bertz CT molecular complexity index is 667. The van der Waals surface area contributed by atoms with Crippen molar-refractivity contribution < 1.29 is 18.3 Å². The van der Waals surface area contributed by atoms with Gasteiger partial charge in [0.1, 0.15) is 0 Å². The Morgan fingerprint density at radius 3 is 2.53 bits per heavy atom. The summed E-state index contributed by atoms with van der Waals surface area (Å²) in [5.41, 5.74) is 0.567. The van der Waals surface area contributed by atoms with E-state index in [1.807, 2.05) is 0 Å². The summed E-state index contributed by atoms with van der Waals surface area (Å²) in [7, 11) is -3.62. The van der Waals surface area contributed by atoms with Crippen LogP contribution in [0.2, 0.25) is 0 Å². The Kier molecular flexibility index (Phi) is 3.71. The molecule has 2 aromatic rings. The van der Waals surface area contributed by atoms with Crippen molar-refractivity contribution in [1.29, 1.82) is 0 Å². The molecular formula is C9H8N4O4S2. The van der Waals surface area contributed by atoms with E-state index >= 15 is 0 Å². The highest BCUT2D eigenvalue weighted by Crippen LogP contribution is 2.13.